The van der Waals surface area contributed by atoms with Crippen molar-refractivity contribution in [1.82, 2.24) is 35.2 Å². The average molecular weight is 545 g/mol. The number of pyridine rings is 1. The van der Waals surface area contributed by atoms with E-state index in [0.29, 0.717) is 17.1 Å². The Kier molecular flexibility index (Phi) is 7.32. The zero-order chi connectivity index (χ0) is 28.4. The van der Waals surface area contributed by atoms with E-state index >= 15 is 0 Å². The molecule has 0 fully saturated rings. The predicted octanol–water partition coefficient (Wildman–Crippen LogP) is 3.31. The highest BCUT2D eigenvalue weighted by Crippen LogP contribution is 2.20. The molecule has 1 atom stereocenters. The zero-order valence-electron chi connectivity index (χ0n) is 21.7. The zero-order valence-corrected chi connectivity index (χ0v) is 21.7. The fourth-order valence-electron chi connectivity index (χ4n) is 4.38. The van der Waals surface area contributed by atoms with Gasteiger partial charge in [-0.15, -0.1) is 0 Å². The van der Waals surface area contributed by atoms with Crippen LogP contribution in [0, 0.1) is 11.6 Å². The molecule has 0 aliphatic rings. The number of anilines is 1. The molecule has 0 saturated carbocycles. The van der Waals surface area contributed by atoms with Crippen LogP contribution in [-0.2, 0) is 17.8 Å². The van der Waals surface area contributed by atoms with Crippen molar-refractivity contribution in [3.63, 3.8) is 0 Å². The molecule has 0 aliphatic heterocycles. The number of hydrogen-bond acceptors (Lipinski definition) is 7. The number of carbonyl (C=O) groups excluding carboxylic acids is 2. The summed E-state index contributed by atoms with van der Waals surface area (Å²) in [4.78, 5) is 39.1. The lowest BCUT2D eigenvalue weighted by Gasteiger charge is -2.19. The lowest BCUT2D eigenvalue weighted by molar-refractivity contribution is -0.123. The quantitative estimate of drug-likeness (QED) is 0.272. The Morgan fingerprint density at radius 3 is 2.58 bits per heavy atom. The molecule has 10 nitrogen and oxygen atoms in total. The first-order valence-corrected chi connectivity index (χ1v) is 12.6. The number of nitrogen functional groups attached to an aromatic ring is 1. The molecule has 0 unspecified atom stereocenters. The van der Waals surface area contributed by atoms with E-state index in [1.807, 2.05) is 38.1 Å². The molecule has 204 valence electrons. The Balaban J connectivity index is 1.39. The molecule has 12 heteroatoms. The fraction of sp³-hybridized carbons (Fsp3) is 0.214. The van der Waals surface area contributed by atoms with Crippen LogP contribution in [0.3, 0.4) is 0 Å². The van der Waals surface area contributed by atoms with Gasteiger partial charge in [-0.25, -0.2) is 23.3 Å². The van der Waals surface area contributed by atoms with Gasteiger partial charge >= 0.3 is 0 Å². The van der Waals surface area contributed by atoms with Crippen LogP contribution < -0.4 is 16.4 Å². The smallest absolute Gasteiger partial charge is 0.270 e. The maximum absolute atomic E-state index is 13.9. The molecule has 0 radical (unpaired) electrons. The number of aromatic nitrogens is 5. The molecule has 3 heterocycles. The van der Waals surface area contributed by atoms with E-state index in [9.17, 15) is 18.4 Å². The lowest BCUT2D eigenvalue weighted by atomic mass is 10.0. The topological polar surface area (TPSA) is 140 Å². The first-order valence-electron chi connectivity index (χ1n) is 12.6. The molecule has 0 bridgehead atoms. The van der Waals surface area contributed by atoms with Crippen molar-refractivity contribution in [1.29, 1.82) is 0 Å². The molecule has 0 aliphatic carbocycles. The predicted molar refractivity (Wildman–Crippen MR) is 144 cm³/mol. The second-order valence-electron chi connectivity index (χ2n) is 9.64. The molecule has 0 spiro atoms. The van der Waals surface area contributed by atoms with E-state index in [0.717, 1.165) is 28.5 Å². The monoisotopic (exact) mass is 544 g/mol. The summed E-state index contributed by atoms with van der Waals surface area (Å²) < 4.78 is 29.0. The third-order valence-corrected chi connectivity index (χ3v) is 6.48. The number of benzene rings is 2. The van der Waals surface area contributed by atoms with Crippen molar-refractivity contribution in [2.24, 2.45) is 0 Å². The summed E-state index contributed by atoms with van der Waals surface area (Å²) >= 11 is 0. The van der Waals surface area contributed by atoms with E-state index in [4.69, 9.17) is 5.73 Å². The number of hydrogen-bond donors (Lipinski definition) is 3. The molecule has 4 N–H and O–H groups in total. The SMILES string of the molecule is CC(C)c1cc(C(=O)N[C@@H](Cc2ccc(F)c(F)c2)C(=O)NCc2ccc3c(N)nccc3c2)nc2ncnn12. The second-order valence-corrected chi connectivity index (χ2v) is 9.64. The van der Waals surface area contributed by atoms with Gasteiger partial charge in [-0.1, -0.05) is 32.0 Å². The minimum absolute atomic E-state index is 0.00752. The number of halogens is 2. The highest BCUT2D eigenvalue weighted by atomic mass is 19.2. The summed E-state index contributed by atoms with van der Waals surface area (Å²) in [6.07, 6.45) is 2.86. The number of carbonyl (C=O) groups is 2. The summed E-state index contributed by atoms with van der Waals surface area (Å²) in [6.45, 7) is 4.03. The van der Waals surface area contributed by atoms with Crippen molar-refractivity contribution in [2.45, 2.75) is 38.8 Å². The highest BCUT2D eigenvalue weighted by molar-refractivity contribution is 5.96. The maximum atomic E-state index is 13.9. The summed E-state index contributed by atoms with van der Waals surface area (Å²) in [5.41, 5.74) is 7.81. The number of nitrogens with two attached hydrogens (primary N) is 1. The number of nitrogens with zero attached hydrogens (tertiary/aromatic N) is 5. The van der Waals surface area contributed by atoms with Crippen LogP contribution in [0.15, 0.2) is 61.1 Å². The van der Waals surface area contributed by atoms with Gasteiger partial charge in [-0.05, 0) is 52.8 Å². The minimum Gasteiger partial charge on any atom is -0.383 e. The van der Waals surface area contributed by atoms with Gasteiger partial charge in [0.2, 0.25) is 5.91 Å². The van der Waals surface area contributed by atoms with Crippen LogP contribution in [-0.4, -0.2) is 42.4 Å². The lowest BCUT2D eigenvalue weighted by Crippen LogP contribution is -2.48. The molecule has 5 aromatic rings. The molecule has 40 heavy (non-hydrogen) atoms. The second kappa shape index (κ2) is 11.0. The van der Waals surface area contributed by atoms with Crippen LogP contribution in [0.2, 0.25) is 0 Å². The summed E-state index contributed by atoms with van der Waals surface area (Å²) in [5.74, 6) is -2.54. The molecular weight excluding hydrogens is 518 g/mol. The van der Waals surface area contributed by atoms with Gasteiger partial charge in [0.15, 0.2) is 11.6 Å². The van der Waals surface area contributed by atoms with E-state index in [-0.39, 0.29) is 30.4 Å². The molecule has 3 aromatic heterocycles. The van der Waals surface area contributed by atoms with Crippen LogP contribution in [0.4, 0.5) is 14.6 Å². The van der Waals surface area contributed by atoms with Crippen molar-refractivity contribution < 1.29 is 18.4 Å². The van der Waals surface area contributed by atoms with Crippen LogP contribution in [0.25, 0.3) is 16.6 Å². The fourth-order valence-corrected chi connectivity index (χ4v) is 4.38. The highest BCUT2D eigenvalue weighted by Gasteiger charge is 2.24. The van der Waals surface area contributed by atoms with Gasteiger partial charge < -0.3 is 16.4 Å². The average Bonchev–Trinajstić information content (AvgIpc) is 3.41. The third-order valence-electron chi connectivity index (χ3n) is 6.48. The Bertz CT molecular complexity index is 1740. The summed E-state index contributed by atoms with van der Waals surface area (Å²) in [5, 5.41) is 11.3. The Labute approximate surface area is 227 Å². The van der Waals surface area contributed by atoms with Gasteiger partial charge in [0.25, 0.3) is 11.7 Å². The maximum Gasteiger partial charge on any atom is 0.270 e. The van der Waals surface area contributed by atoms with Gasteiger partial charge in [-0.2, -0.15) is 10.1 Å². The van der Waals surface area contributed by atoms with Crippen molar-refractivity contribution in [2.75, 3.05) is 5.73 Å². The summed E-state index contributed by atoms with van der Waals surface area (Å²) in [6, 6.07) is 11.1. The number of amides is 2. The van der Waals surface area contributed by atoms with Crippen LogP contribution >= 0.6 is 0 Å². The number of nitrogens with one attached hydrogen (secondary N) is 2. The van der Waals surface area contributed by atoms with Gasteiger partial charge in [0.05, 0.1) is 5.69 Å². The van der Waals surface area contributed by atoms with E-state index in [2.05, 4.69) is 30.7 Å². The molecular formula is C28H26F2N8O2. The van der Waals surface area contributed by atoms with E-state index in [1.165, 1.54) is 12.4 Å². The Hall–Kier alpha value is -5.00. The van der Waals surface area contributed by atoms with Crippen molar-refractivity contribution in [3.05, 3.63) is 95.2 Å². The molecule has 0 saturated heterocycles. The largest absolute Gasteiger partial charge is 0.383 e. The van der Waals surface area contributed by atoms with Crippen LogP contribution in [0.5, 0.6) is 0 Å². The van der Waals surface area contributed by atoms with Gasteiger partial charge in [0.1, 0.15) is 23.9 Å². The normalized spacial score (nSPS) is 12.1. The third kappa shape index (κ3) is 5.55. The van der Waals surface area contributed by atoms with Crippen molar-refractivity contribution in [3.8, 4) is 0 Å². The van der Waals surface area contributed by atoms with E-state index in [1.54, 1.807) is 16.8 Å². The molecule has 5 rings (SSSR count). The first kappa shape index (κ1) is 26.6. The Morgan fingerprint density at radius 1 is 1.00 bits per heavy atom. The van der Waals surface area contributed by atoms with Crippen molar-refractivity contribution >= 4 is 34.2 Å². The molecule has 2 aromatic carbocycles. The number of rotatable bonds is 8. The number of fused-ring (bicyclic) bond motifs is 2. The first-order chi connectivity index (χ1) is 19.2. The minimum atomic E-state index is -1.11. The van der Waals surface area contributed by atoms with Gasteiger partial charge in [0, 0.05) is 24.5 Å². The summed E-state index contributed by atoms with van der Waals surface area (Å²) in [7, 11) is 0. The van der Waals surface area contributed by atoms with Gasteiger partial charge in [-0.3, -0.25) is 9.59 Å². The molecule has 2 amide bonds. The van der Waals surface area contributed by atoms with E-state index < -0.39 is 29.5 Å². The standard InChI is InChI=1S/C28H26F2N8O2/c1-15(2)24-12-23(37-28-34-14-35-38(24)28)27(40)36-22(11-16-4-6-20(29)21(30)10-16)26(39)33-13-17-3-5-19-18(9-17)7-8-32-25(19)31/h3-10,12,14-15,22H,11,13H2,1-2H3,(H2,31,32)(H,33,39)(H,36,40)/t22-/m0/s1. The Morgan fingerprint density at radius 2 is 1.80 bits per heavy atom. The van der Waals surface area contributed by atoms with Crippen LogP contribution in [0.1, 0.15) is 47.1 Å².